The van der Waals surface area contributed by atoms with Crippen molar-refractivity contribution in [1.82, 2.24) is 4.98 Å². The highest BCUT2D eigenvalue weighted by molar-refractivity contribution is 7.10. The van der Waals surface area contributed by atoms with Gasteiger partial charge in [-0.1, -0.05) is 11.6 Å². The van der Waals surface area contributed by atoms with Gasteiger partial charge in [0.2, 0.25) is 0 Å². The van der Waals surface area contributed by atoms with Crippen molar-refractivity contribution in [1.29, 1.82) is 0 Å². The van der Waals surface area contributed by atoms with Gasteiger partial charge in [-0.3, -0.25) is 4.79 Å². The summed E-state index contributed by atoms with van der Waals surface area (Å²) in [6, 6.07) is 3.84. The van der Waals surface area contributed by atoms with Gasteiger partial charge in [-0.25, -0.2) is 14.2 Å². The fourth-order valence-corrected chi connectivity index (χ4v) is 2.24. The van der Waals surface area contributed by atoms with E-state index in [1.54, 1.807) is 11.6 Å². The van der Waals surface area contributed by atoms with Crippen LogP contribution >= 0.6 is 22.9 Å². The molecule has 0 aliphatic heterocycles. The summed E-state index contributed by atoms with van der Waals surface area (Å²) in [6.45, 7) is 1.39. The SMILES string of the molecule is CC(OC(=O)C=Cc1nccs1)C(=O)Nc1ccc(Cl)cc1F. The normalized spacial score (nSPS) is 12.1. The average molecular weight is 355 g/mol. The van der Waals surface area contributed by atoms with E-state index in [1.807, 2.05) is 0 Å². The third kappa shape index (κ3) is 5.15. The molecule has 1 amide bonds. The molecule has 1 atom stereocenters. The Bertz CT molecular complexity index is 734. The predicted molar refractivity (Wildman–Crippen MR) is 86.7 cm³/mol. The number of benzene rings is 1. The molecule has 0 aliphatic rings. The zero-order chi connectivity index (χ0) is 16.8. The Balaban J connectivity index is 1.90. The van der Waals surface area contributed by atoms with Gasteiger partial charge in [0.15, 0.2) is 6.10 Å². The van der Waals surface area contributed by atoms with Crippen molar-refractivity contribution >= 4 is 46.6 Å². The minimum absolute atomic E-state index is 0.0411. The molecular weight excluding hydrogens is 343 g/mol. The van der Waals surface area contributed by atoms with E-state index in [-0.39, 0.29) is 10.7 Å². The summed E-state index contributed by atoms with van der Waals surface area (Å²) in [5.74, 6) is -2.02. The largest absolute Gasteiger partial charge is 0.449 e. The molecule has 0 spiro atoms. The van der Waals surface area contributed by atoms with Crippen LogP contribution in [0.2, 0.25) is 5.02 Å². The van der Waals surface area contributed by atoms with Crippen molar-refractivity contribution < 1.29 is 18.7 Å². The minimum atomic E-state index is -1.08. The van der Waals surface area contributed by atoms with Gasteiger partial charge in [0.25, 0.3) is 5.91 Å². The van der Waals surface area contributed by atoms with Crippen molar-refractivity contribution in [3.63, 3.8) is 0 Å². The highest BCUT2D eigenvalue weighted by Gasteiger charge is 2.18. The lowest BCUT2D eigenvalue weighted by molar-refractivity contribution is -0.148. The van der Waals surface area contributed by atoms with Gasteiger partial charge in [0, 0.05) is 22.7 Å². The lowest BCUT2D eigenvalue weighted by Crippen LogP contribution is -2.29. The van der Waals surface area contributed by atoms with Crippen molar-refractivity contribution in [2.75, 3.05) is 5.32 Å². The smallest absolute Gasteiger partial charge is 0.331 e. The number of carbonyl (C=O) groups is 2. The number of hydrogen-bond donors (Lipinski definition) is 1. The van der Waals surface area contributed by atoms with E-state index in [9.17, 15) is 14.0 Å². The molecule has 0 saturated heterocycles. The van der Waals surface area contributed by atoms with Crippen LogP contribution in [-0.2, 0) is 14.3 Å². The van der Waals surface area contributed by atoms with Crippen molar-refractivity contribution in [2.24, 2.45) is 0 Å². The third-order valence-electron chi connectivity index (χ3n) is 2.66. The second kappa shape index (κ2) is 7.85. The van der Waals surface area contributed by atoms with E-state index in [1.165, 1.54) is 42.5 Å². The van der Waals surface area contributed by atoms with Crippen LogP contribution in [0.1, 0.15) is 11.9 Å². The zero-order valence-electron chi connectivity index (χ0n) is 12.0. The Morgan fingerprint density at radius 2 is 2.26 bits per heavy atom. The summed E-state index contributed by atoms with van der Waals surface area (Å²) in [7, 11) is 0. The van der Waals surface area contributed by atoms with Crippen LogP contribution in [0.25, 0.3) is 6.08 Å². The number of hydrogen-bond acceptors (Lipinski definition) is 5. The highest BCUT2D eigenvalue weighted by atomic mass is 35.5. The number of rotatable bonds is 5. The molecule has 1 aromatic carbocycles. The molecule has 0 bridgehead atoms. The van der Waals surface area contributed by atoms with Gasteiger partial charge in [0.1, 0.15) is 10.8 Å². The quantitative estimate of drug-likeness (QED) is 0.659. The van der Waals surface area contributed by atoms with Crippen molar-refractivity contribution in [2.45, 2.75) is 13.0 Å². The standard InChI is InChI=1S/C15H12ClFN2O3S/c1-9(22-14(20)5-4-13-18-6-7-23-13)15(21)19-12-3-2-10(16)8-11(12)17/h2-9H,1H3,(H,19,21). The Labute approximate surface area is 140 Å². The summed E-state index contributed by atoms with van der Waals surface area (Å²) in [6.07, 6.45) is 3.17. The van der Waals surface area contributed by atoms with Crippen molar-refractivity contribution in [3.05, 3.63) is 51.7 Å². The first-order chi connectivity index (χ1) is 11.0. The number of amides is 1. The number of thiazole rings is 1. The molecule has 120 valence electrons. The Morgan fingerprint density at radius 3 is 2.91 bits per heavy atom. The monoisotopic (exact) mass is 354 g/mol. The van der Waals surface area contributed by atoms with E-state index in [0.717, 1.165) is 6.07 Å². The van der Waals surface area contributed by atoms with Crippen LogP contribution in [0, 0.1) is 5.82 Å². The Hall–Kier alpha value is -2.25. The van der Waals surface area contributed by atoms with Gasteiger partial charge < -0.3 is 10.1 Å². The summed E-state index contributed by atoms with van der Waals surface area (Å²) < 4.78 is 18.5. The van der Waals surface area contributed by atoms with Gasteiger partial charge in [-0.05, 0) is 31.2 Å². The van der Waals surface area contributed by atoms with Crippen LogP contribution in [0.5, 0.6) is 0 Å². The van der Waals surface area contributed by atoms with Crippen LogP contribution in [0.3, 0.4) is 0 Å². The molecule has 0 radical (unpaired) electrons. The molecule has 1 unspecified atom stereocenters. The van der Waals surface area contributed by atoms with Gasteiger partial charge in [-0.15, -0.1) is 11.3 Å². The number of halogens is 2. The number of carbonyl (C=O) groups excluding carboxylic acids is 2. The topological polar surface area (TPSA) is 68.3 Å². The first kappa shape index (κ1) is 17.1. The summed E-state index contributed by atoms with van der Waals surface area (Å²) in [5, 5.41) is 4.95. The molecule has 1 aromatic heterocycles. The molecule has 8 heteroatoms. The maximum absolute atomic E-state index is 13.6. The first-order valence-electron chi connectivity index (χ1n) is 6.50. The summed E-state index contributed by atoms with van der Waals surface area (Å²) in [4.78, 5) is 27.5. The van der Waals surface area contributed by atoms with Crippen LogP contribution in [-0.4, -0.2) is 23.0 Å². The van der Waals surface area contributed by atoms with Crippen LogP contribution in [0.4, 0.5) is 10.1 Å². The predicted octanol–water partition coefficient (Wildman–Crippen LogP) is 3.52. The number of nitrogens with zero attached hydrogens (tertiary/aromatic N) is 1. The second-order valence-electron chi connectivity index (χ2n) is 4.40. The molecule has 0 fully saturated rings. The molecule has 1 N–H and O–H groups in total. The Kier molecular flexibility index (Phi) is 5.84. The fourth-order valence-electron chi connectivity index (χ4n) is 1.55. The molecule has 0 saturated carbocycles. The number of ether oxygens (including phenoxy) is 1. The third-order valence-corrected chi connectivity index (χ3v) is 3.64. The molecular formula is C15H12ClFN2O3S. The van der Waals surface area contributed by atoms with Gasteiger partial charge in [0.05, 0.1) is 5.69 Å². The first-order valence-corrected chi connectivity index (χ1v) is 7.75. The highest BCUT2D eigenvalue weighted by Crippen LogP contribution is 2.19. The Morgan fingerprint density at radius 1 is 1.48 bits per heavy atom. The van der Waals surface area contributed by atoms with E-state index in [4.69, 9.17) is 16.3 Å². The van der Waals surface area contributed by atoms with E-state index < -0.39 is 23.8 Å². The lowest BCUT2D eigenvalue weighted by atomic mass is 10.3. The second-order valence-corrected chi connectivity index (χ2v) is 5.76. The average Bonchev–Trinajstić information content (AvgIpc) is 3.01. The maximum atomic E-state index is 13.6. The van der Waals surface area contributed by atoms with E-state index in [0.29, 0.717) is 5.01 Å². The maximum Gasteiger partial charge on any atom is 0.331 e. The molecule has 1 heterocycles. The summed E-state index contributed by atoms with van der Waals surface area (Å²) >= 11 is 6.99. The molecule has 5 nitrogen and oxygen atoms in total. The van der Waals surface area contributed by atoms with Crippen LogP contribution < -0.4 is 5.32 Å². The number of nitrogens with one attached hydrogen (secondary N) is 1. The number of esters is 1. The lowest BCUT2D eigenvalue weighted by Gasteiger charge is -2.12. The number of aromatic nitrogens is 1. The van der Waals surface area contributed by atoms with E-state index in [2.05, 4.69) is 10.3 Å². The fraction of sp³-hybridized carbons (Fsp3) is 0.133. The van der Waals surface area contributed by atoms with Crippen LogP contribution in [0.15, 0.2) is 35.9 Å². The summed E-state index contributed by atoms with van der Waals surface area (Å²) in [5.41, 5.74) is -0.0411. The van der Waals surface area contributed by atoms with Gasteiger partial charge in [-0.2, -0.15) is 0 Å². The molecule has 0 aliphatic carbocycles. The zero-order valence-corrected chi connectivity index (χ0v) is 13.5. The molecule has 23 heavy (non-hydrogen) atoms. The molecule has 2 rings (SSSR count). The van der Waals surface area contributed by atoms with Crippen molar-refractivity contribution in [3.8, 4) is 0 Å². The minimum Gasteiger partial charge on any atom is -0.449 e. The van der Waals surface area contributed by atoms with Gasteiger partial charge >= 0.3 is 5.97 Å². The molecule has 2 aromatic rings. The van der Waals surface area contributed by atoms with E-state index >= 15 is 0 Å². The number of anilines is 1.